The molecule has 0 aliphatic heterocycles. The second-order valence-corrected chi connectivity index (χ2v) is 3.01. The van der Waals surface area contributed by atoms with Crippen molar-refractivity contribution in [1.29, 1.82) is 0 Å². The van der Waals surface area contributed by atoms with Crippen molar-refractivity contribution in [2.24, 2.45) is 0 Å². The molecule has 2 rings (SSSR count). The third kappa shape index (κ3) is 2.04. The summed E-state index contributed by atoms with van der Waals surface area (Å²) in [6.07, 6.45) is 5.27. The van der Waals surface area contributed by atoms with Gasteiger partial charge in [-0.05, 0) is 12.1 Å². The van der Waals surface area contributed by atoms with E-state index in [4.69, 9.17) is 0 Å². The Morgan fingerprint density at radius 2 is 2.33 bits per heavy atom. The maximum atomic E-state index is 11.2. The van der Waals surface area contributed by atoms with Crippen molar-refractivity contribution in [3.8, 4) is 0 Å². The molecule has 1 amide bonds. The highest BCUT2D eigenvalue weighted by Crippen LogP contribution is 1.96. The first-order chi connectivity index (χ1) is 7.29. The van der Waals surface area contributed by atoms with Crippen molar-refractivity contribution < 1.29 is 4.79 Å². The molecule has 6 nitrogen and oxygen atoms in total. The molecule has 0 saturated heterocycles. The molecule has 0 aliphatic rings. The number of amides is 1. The number of hydrogen-bond acceptors (Lipinski definition) is 3. The molecular weight excluding hydrogens is 194 g/mol. The van der Waals surface area contributed by atoms with E-state index in [1.165, 1.54) is 0 Å². The molecule has 0 aliphatic carbocycles. The molecule has 2 aromatic heterocycles. The summed E-state index contributed by atoms with van der Waals surface area (Å²) < 4.78 is 3.37. The molecule has 0 atom stereocenters. The van der Waals surface area contributed by atoms with Gasteiger partial charge in [-0.15, -0.1) is 0 Å². The van der Waals surface area contributed by atoms with E-state index in [2.05, 4.69) is 15.5 Å². The van der Waals surface area contributed by atoms with Gasteiger partial charge in [0.15, 0.2) is 0 Å². The highest BCUT2D eigenvalue weighted by Gasteiger charge is 2.06. The maximum absolute atomic E-state index is 11.2. The van der Waals surface area contributed by atoms with Crippen LogP contribution in [0.15, 0.2) is 30.7 Å². The van der Waals surface area contributed by atoms with Crippen molar-refractivity contribution >= 4 is 5.91 Å². The Labute approximate surface area is 86.5 Å². The molecule has 1 N–H and O–H groups in total. The van der Waals surface area contributed by atoms with E-state index in [-0.39, 0.29) is 5.91 Å². The second-order valence-electron chi connectivity index (χ2n) is 3.01. The Balaban J connectivity index is 2.11. The molecule has 0 bridgehead atoms. The largest absolute Gasteiger partial charge is 0.354 e. The molecule has 6 heteroatoms. The van der Waals surface area contributed by atoms with Crippen LogP contribution in [0.3, 0.4) is 0 Å². The minimum atomic E-state index is -0.186. The summed E-state index contributed by atoms with van der Waals surface area (Å²) >= 11 is 0. The van der Waals surface area contributed by atoms with E-state index in [0.717, 1.165) is 0 Å². The molecule has 0 radical (unpaired) electrons. The van der Waals surface area contributed by atoms with Gasteiger partial charge in [0.2, 0.25) is 0 Å². The Morgan fingerprint density at radius 1 is 1.47 bits per heavy atom. The number of rotatable bonds is 3. The molecule has 0 spiro atoms. The lowest BCUT2D eigenvalue weighted by atomic mass is 10.4. The summed E-state index contributed by atoms with van der Waals surface area (Å²) in [5.74, 6) is -0.186. The van der Waals surface area contributed by atoms with Crippen LogP contribution >= 0.6 is 0 Å². The van der Waals surface area contributed by atoms with Crippen LogP contribution < -0.4 is 5.32 Å². The summed E-state index contributed by atoms with van der Waals surface area (Å²) in [4.78, 5) is 11.2. The monoisotopic (exact) mass is 205 g/mol. The van der Waals surface area contributed by atoms with Gasteiger partial charge < -0.3 is 5.32 Å². The summed E-state index contributed by atoms with van der Waals surface area (Å²) in [5.41, 5.74) is 0.407. The van der Waals surface area contributed by atoms with Gasteiger partial charge in [-0.25, -0.2) is 0 Å². The SMILES string of the molecule is CNC(=O)c1ccn(Cn2cccn2)n1. The van der Waals surface area contributed by atoms with Gasteiger partial charge in [0.25, 0.3) is 5.91 Å². The van der Waals surface area contributed by atoms with Crippen molar-refractivity contribution in [2.75, 3.05) is 7.05 Å². The van der Waals surface area contributed by atoms with Gasteiger partial charge in [0.05, 0.1) is 0 Å². The van der Waals surface area contributed by atoms with Gasteiger partial charge in [0, 0.05) is 25.6 Å². The summed E-state index contributed by atoms with van der Waals surface area (Å²) in [6.45, 7) is 0.504. The van der Waals surface area contributed by atoms with E-state index < -0.39 is 0 Å². The van der Waals surface area contributed by atoms with Gasteiger partial charge in [0.1, 0.15) is 12.4 Å². The predicted octanol–water partition coefficient (Wildman–Crippen LogP) is -0.0550. The molecular formula is C9H11N5O. The van der Waals surface area contributed by atoms with Crippen LogP contribution in [0.4, 0.5) is 0 Å². The number of carbonyl (C=O) groups excluding carboxylic acids is 1. The van der Waals surface area contributed by atoms with Crippen molar-refractivity contribution in [2.45, 2.75) is 6.67 Å². The topological polar surface area (TPSA) is 64.7 Å². The fraction of sp³-hybridized carbons (Fsp3) is 0.222. The van der Waals surface area contributed by atoms with Crippen molar-refractivity contribution in [1.82, 2.24) is 24.9 Å². The summed E-state index contributed by atoms with van der Waals surface area (Å²) in [7, 11) is 1.58. The molecule has 2 aromatic rings. The van der Waals surface area contributed by atoms with E-state index in [1.807, 2.05) is 12.3 Å². The first-order valence-electron chi connectivity index (χ1n) is 4.52. The van der Waals surface area contributed by atoms with Crippen LogP contribution in [-0.2, 0) is 6.67 Å². The zero-order valence-electron chi connectivity index (χ0n) is 8.29. The van der Waals surface area contributed by atoms with Crippen LogP contribution in [0.1, 0.15) is 10.5 Å². The second kappa shape index (κ2) is 3.95. The normalized spacial score (nSPS) is 10.2. The number of aromatic nitrogens is 4. The molecule has 0 saturated carbocycles. The number of carbonyl (C=O) groups is 1. The Hall–Kier alpha value is -2.11. The lowest BCUT2D eigenvalue weighted by molar-refractivity contribution is 0.0957. The summed E-state index contributed by atoms with van der Waals surface area (Å²) in [5, 5.41) is 10.7. The fourth-order valence-corrected chi connectivity index (χ4v) is 1.22. The third-order valence-electron chi connectivity index (χ3n) is 1.95. The molecule has 2 heterocycles. The van der Waals surface area contributed by atoms with Crippen LogP contribution in [0, 0.1) is 0 Å². The average Bonchev–Trinajstić information content (AvgIpc) is 2.88. The van der Waals surface area contributed by atoms with E-state index in [9.17, 15) is 4.79 Å². The molecule has 0 unspecified atom stereocenters. The van der Waals surface area contributed by atoms with Gasteiger partial charge in [-0.1, -0.05) is 0 Å². The van der Waals surface area contributed by atoms with Crippen molar-refractivity contribution in [3.05, 3.63) is 36.4 Å². The van der Waals surface area contributed by atoms with E-state index in [0.29, 0.717) is 12.4 Å². The molecule has 15 heavy (non-hydrogen) atoms. The quantitative estimate of drug-likeness (QED) is 0.763. The number of nitrogens with zero attached hydrogens (tertiary/aromatic N) is 4. The van der Waals surface area contributed by atoms with Gasteiger partial charge in [-0.3, -0.25) is 14.2 Å². The maximum Gasteiger partial charge on any atom is 0.271 e. The van der Waals surface area contributed by atoms with E-state index in [1.54, 1.807) is 34.9 Å². The molecule has 0 fully saturated rings. The zero-order valence-corrected chi connectivity index (χ0v) is 8.29. The van der Waals surface area contributed by atoms with Crippen LogP contribution in [0.25, 0.3) is 0 Å². The summed E-state index contributed by atoms with van der Waals surface area (Å²) in [6, 6.07) is 3.51. The average molecular weight is 205 g/mol. The Morgan fingerprint density at radius 3 is 3.00 bits per heavy atom. The fourth-order valence-electron chi connectivity index (χ4n) is 1.22. The lowest BCUT2D eigenvalue weighted by Gasteiger charge is -2.00. The van der Waals surface area contributed by atoms with Crippen molar-refractivity contribution in [3.63, 3.8) is 0 Å². The standard InChI is InChI=1S/C9H11N5O/c1-10-9(15)8-3-6-14(12-8)7-13-5-2-4-11-13/h2-6H,7H2,1H3,(H,10,15). The van der Waals surface area contributed by atoms with Gasteiger partial charge in [-0.2, -0.15) is 10.2 Å². The van der Waals surface area contributed by atoms with Crippen LogP contribution in [0.5, 0.6) is 0 Å². The van der Waals surface area contributed by atoms with Crippen LogP contribution in [0.2, 0.25) is 0 Å². The zero-order chi connectivity index (χ0) is 10.7. The Kier molecular flexibility index (Phi) is 2.49. The predicted molar refractivity (Wildman–Crippen MR) is 53.2 cm³/mol. The minimum Gasteiger partial charge on any atom is -0.354 e. The van der Waals surface area contributed by atoms with Gasteiger partial charge >= 0.3 is 0 Å². The highest BCUT2D eigenvalue weighted by atomic mass is 16.1. The molecule has 0 aromatic carbocycles. The smallest absolute Gasteiger partial charge is 0.271 e. The first kappa shape index (κ1) is 9.45. The third-order valence-corrected chi connectivity index (χ3v) is 1.95. The number of hydrogen-bond donors (Lipinski definition) is 1. The Bertz CT molecular complexity index is 445. The lowest BCUT2D eigenvalue weighted by Crippen LogP contribution is -2.19. The first-order valence-corrected chi connectivity index (χ1v) is 4.52. The highest BCUT2D eigenvalue weighted by molar-refractivity contribution is 5.91. The van der Waals surface area contributed by atoms with Crippen LogP contribution in [-0.4, -0.2) is 32.5 Å². The van der Waals surface area contributed by atoms with E-state index >= 15 is 0 Å². The molecule has 78 valence electrons. The minimum absolute atomic E-state index is 0.186. The number of nitrogens with one attached hydrogen (secondary N) is 1.